The second kappa shape index (κ2) is 8.14. The summed E-state index contributed by atoms with van der Waals surface area (Å²) in [4.78, 5) is 25.1. The van der Waals surface area contributed by atoms with Gasteiger partial charge in [-0.05, 0) is 32.9 Å². The van der Waals surface area contributed by atoms with E-state index in [-0.39, 0.29) is 25.1 Å². The van der Waals surface area contributed by atoms with E-state index in [0.29, 0.717) is 18.0 Å². The molecule has 0 saturated heterocycles. The number of carbonyl (C=O) groups excluding carboxylic acids is 2. The number of hydrogen-bond acceptors (Lipinski definition) is 5. The average molecular weight is 294 g/mol. The predicted octanol–water partition coefficient (Wildman–Crippen LogP) is 1.45. The number of carbonyl (C=O) groups is 2. The van der Waals surface area contributed by atoms with Gasteiger partial charge in [-0.1, -0.05) is 6.07 Å². The molecule has 1 aromatic carbocycles. The van der Waals surface area contributed by atoms with Crippen LogP contribution < -0.4 is 10.5 Å². The van der Waals surface area contributed by atoms with Crippen LogP contribution in [-0.2, 0) is 14.3 Å². The molecule has 0 unspecified atom stereocenters. The maximum atomic E-state index is 12.1. The summed E-state index contributed by atoms with van der Waals surface area (Å²) in [7, 11) is 0. The van der Waals surface area contributed by atoms with Gasteiger partial charge in [0.1, 0.15) is 12.3 Å². The Bertz CT molecular complexity index is 488. The molecule has 0 spiro atoms. The lowest BCUT2D eigenvalue weighted by Crippen LogP contribution is -2.43. The third-order valence-corrected chi connectivity index (χ3v) is 2.77. The molecule has 0 aliphatic rings. The molecule has 1 aromatic rings. The van der Waals surface area contributed by atoms with Crippen LogP contribution in [0.3, 0.4) is 0 Å². The highest BCUT2D eigenvalue weighted by Crippen LogP contribution is 2.14. The molecule has 1 rings (SSSR count). The maximum Gasteiger partial charge on any atom is 0.325 e. The second-order valence-corrected chi connectivity index (χ2v) is 4.78. The van der Waals surface area contributed by atoms with Crippen molar-refractivity contribution in [2.24, 2.45) is 0 Å². The summed E-state index contributed by atoms with van der Waals surface area (Å²) in [5.74, 6) is -0.188. The van der Waals surface area contributed by atoms with Crippen LogP contribution in [0.4, 0.5) is 5.69 Å². The van der Waals surface area contributed by atoms with Crippen molar-refractivity contribution in [3.63, 3.8) is 0 Å². The van der Waals surface area contributed by atoms with Crippen LogP contribution in [0.2, 0.25) is 0 Å². The first-order valence-corrected chi connectivity index (χ1v) is 6.87. The fraction of sp³-hybridized carbons (Fsp3) is 0.467. The second-order valence-electron chi connectivity index (χ2n) is 4.78. The van der Waals surface area contributed by atoms with Gasteiger partial charge in [0.15, 0.2) is 6.61 Å². The highest BCUT2D eigenvalue weighted by atomic mass is 16.5. The van der Waals surface area contributed by atoms with Gasteiger partial charge in [0, 0.05) is 17.8 Å². The maximum absolute atomic E-state index is 12.1. The van der Waals surface area contributed by atoms with E-state index in [1.165, 1.54) is 4.90 Å². The van der Waals surface area contributed by atoms with Crippen LogP contribution in [0.25, 0.3) is 0 Å². The largest absolute Gasteiger partial charge is 0.484 e. The fourth-order valence-corrected chi connectivity index (χ4v) is 1.74. The summed E-state index contributed by atoms with van der Waals surface area (Å²) in [6, 6.07) is 6.71. The Morgan fingerprint density at radius 1 is 1.33 bits per heavy atom. The first kappa shape index (κ1) is 16.8. The van der Waals surface area contributed by atoms with E-state index in [2.05, 4.69) is 0 Å². The molecule has 2 N–H and O–H groups in total. The summed E-state index contributed by atoms with van der Waals surface area (Å²) in [5.41, 5.74) is 6.20. The third-order valence-electron chi connectivity index (χ3n) is 2.77. The molecule has 116 valence electrons. The van der Waals surface area contributed by atoms with Gasteiger partial charge in [0.05, 0.1) is 6.61 Å². The minimum absolute atomic E-state index is 0.0787. The van der Waals surface area contributed by atoms with Crippen molar-refractivity contribution < 1.29 is 19.1 Å². The van der Waals surface area contributed by atoms with Gasteiger partial charge in [-0.2, -0.15) is 0 Å². The number of nitrogens with two attached hydrogens (primary N) is 1. The molecule has 1 amide bonds. The molecule has 0 atom stereocenters. The van der Waals surface area contributed by atoms with E-state index in [1.807, 2.05) is 13.8 Å². The monoisotopic (exact) mass is 294 g/mol. The molecule has 0 bridgehead atoms. The Labute approximate surface area is 124 Å². The Morgan fingerprint density at radius 2 is 2.05 bits per heavy atom. The molecule has 0 fully saturated rings. The van der Waals surface area contributed by atoms with Crippen molar-refractivity contribution in [3.8, 4) is 5.75 Å². The number of anilines is 1. The van der Waals surface area contributed by atoms with Crippen LogP contribution in [0.5, 0.6) is 5.75 Å². The van der Waals surface area contributed by atoms with Gasteiger partial charge < -0.3 is 20.1 Å². The van der Waals surface area contributed by atoms with Crippen molar-refractivity contribution in [1.29, 1.82) is 0 Å². The molecule has 21 heavy (non-hydrogen) atoms. The van der Waals surface area contributed by atoms with Crippen molar-refractivity contribution in [2.45, 2.75) is 26.8 Å². The van der Waals surface area contributed by atoms with Crippen molar-refractivity contribution in [2.75, 3.05) is 25.5 Å². The molecule has 0 aliphatic carbocycles. The van der Waals surface area contributed by atoms with Crippen LogP contribution in [-0.4, -0.2) is 42.6 Å². The zero-order valence-electron chi connectivity index (χ0n) is 12.7. The molecular weight excluding hydrogens is 272 g/mol. The zero-order valence-corrected chi connectivity index (χ0v) is 12.7. The molecule has 6 nitrogen and oxygen atoms in total. The van der Waals surface area contributed by atoms with Crippen LogP contribution in [0.1, 0.15) is 20.8 Å². The summed E-state index contributed by atoms with van der Waals surface area (Å²) in [6.07, 6.45) is 0. The topological polar surface area (TPSA) is 81.9 Å². The van der Waals surface area contributed by atoms with Gasteiger partial charge in [0.25, 0.3) is 5.91 Å². The van der Waals surface area contributed by atoms with E-state index < -0.39 is 5.97 Å². The van der Waals surface area contributed by atoms with E-state index in [9.17, 15) is 9.59 Å². The van der Waals surface area contributed by atoms with E-state index in [4.69, 9.17) is 15.2 Å². The Balaban J connectivity index is 2.59. The standard InChI is InChI=1S/C15H22N2O4/c1-4-20-15(19)9-17(11(2)3)14(18)10-21-13-7-5-6-12(16)8-13/h5-8,11H,4,9-10,16H2,1-3H3. The summed E-state index contributed by atoms with van der Waals surface area (Å²) in [5, 5.41) is 0. The fourth-order valence-electron chi connectivity index (χ4n) is 1.74. The highest BCUT2D eigenvalue weighted by Gasteiger charge is 2.21. The number of benzene rings is 1. The Hall–Kier alpha value is -2.24. The summed E-state index contributed by atoms with van der Waals surface area (Å²) < 4.78 is 10.3. The number of esters is 1. The molecule has 0 saturated carbocycles. The van der Waals surface area contributed by atoms with Crippen LogP contribution >= 0.6 is 0 Å². The number of nitrogen functional groups attached to an aromatic ring is 1. The van der Waals surface area contributed by atoms with Crippen molar-refractivity contribution in [1.82, 2.24) is 4.90 Å². The van der Waals surface area contributed by atoms with Gasteiger partial charge >= 0.3 is 5.97 Å². The molecule has 0 heterocycles. The molecule has 0 aliphatic heterocycles. The lowest BCUT2D eigenvalue weighted by atomic mass is 10.3. The van der Waals surface area contributed by atoms with Crippen LogP contribution in [0, 0.1) is 0 Å². The van der Waals surface area contributed by atoms with Gasteiger partial charge in [-0.15, -0.1) is 0 Å². The molecule has 6 heteroatoms. The first-order valence-electron chi connectivity index (χ1n) is 6.87. The minimum Gasteiger partial charge on any atom is -0.484 e. The third kappa shape index (κ3) is 5.72. The number of ether oxygens (including phenoxy) is 2. The minimum atomic E-state index is -0.427. The Kier molecular flexibility index (Phi) is 6.52. The van der Waals surface area contributed by atoms with Crippen molar-refractivity contribution in [3.05, 3.63) is 24.3 Å². The number of nitrogens with zero attached hydrogens (tertiary/aromatic N) is 1. The summed E-state index contributed by atoms with van der Waals surface area (Å²) in [6.45, 7) is 5.45. The normalized spacial score (nSPS) is 10.3. The van der Waals surface area contributed by atoms with Gasteiger partial charge in [-0.3, -0.25) is 9.59 Å². The number of rotatable bonds is 7. The molecular formula is C15H22N2O4. The molecule has 0 radical (unpaired) electrons. The SMILES string of the molecule is CCOC(=O)CN(C(=O)COc1cccc(N)c1)C(C)C. The lowest BCUT2D eigenvalue weighted by molar-refractivity contribution is -0.150. The van der Waals surface area contributed by atoms with E-state index in [1.54, 1.807) is 31.2 Å². The average Bonchev–Trinajstić information content (AvgIpc) is 2.42. The lowest BCUT2D eigenvalue weighted by Gasteiger charge is -2.25. The van der Waals surface area contributed by atoms with Gasteiger partial charge in [-0.25, -0.2) is 0 Å². The zero-order chi connectivity index (χ0) is 15.8. The van der Waals surface area contributed by atoms with Gasteiger partial charge in [0.2, 0.25) is 0 Å². The first-order chi connectivity index (χ1) is 9.93. The number of hydrogen-bond donors (Lipinski definition) is 1. The smallest absolute Gasteiger partial charge is 0.325 e. The molecule has 0 aromatic heterocycles. The quantitative estimate of drug-likeness (QED) is 0.608. The number of amides is 1. The highest BCUT2D eigenvalue weighted by molar-refractivity contribution is 5.83. The summed E-state index contributed by atoms with van der Waals surface area (Å²) >= 11 is 0. The van der Waals surface area contributed by atoms with E-state index in [0.717, 1.165) is 0 Å². The predicted molar refractivity (Wildman–Crippen MR) is 79.8 cm³/mol. The van der Waals surface area contributed by atoms with Crippen molar-refractivity contribution >= 4 is 17.6 Å². The Morgan fingerprint density at radius 3 is 2.62 bits per heavy atom. The van der Waals surface area contributed by atoms with E-state index >= 15 is 0 Å². The van der Waals surface area contributed by atoms with Crippen LogP contribution in [0.15, 0.2) is 24.3 Å².